The summed E-state index contributed by atoms with van der Waals surface area (Å²) in [5.74, 6) is 6.05. The highest BCUT2D eigenvalue weighted by molar-refractivity contribution is 5.89. The summed E-state index contributed by atoms with van der Waals surface area (Å²) < 4.78 is 0. The van der Waals surface area contributed by atoms with E-state index in [1.165, 1.54) is 0 Å². The van der Waals surface area contributed by atoms with Crippen LogP contribution in [-0.2, 0) is 13.1 Å². The Kier molecular flexibility index (Phi) is 9.59. The van der Waals surface area contributed by atoms with Crippen molar-refractivity contribution in [2.45, 2.75) is 85.7 Å². The Labute approximate surface area is 215 Å². The second kappa shape index (κ2) is 12.4. The highest BCUT2D eigenvalue weighted by Crippen LogP contribution is 2.39. The van der Waals surface area contributed by atoms with Crippen LogP contribution in [0.4, 0.5) is 10.5 Å². The molecule has 2 amide bonds. The Morgan fingerprint density at radius 3 is 2.17 bits per heavy atom. The first-order valence-electron chi connectivity index (χ1n) is 12.9. The zero-order valence-electron chi connectivity index (χ0n) is 22.4. The van der Waals surface area contributed by atoms with Crippen molar-refractivity contribution < 1.29 is 4.79 Å². The van der Waals surface area contributed by atoms with Gasteiger partial charge < -0.3 is 10.2 Å². The number of nitrogens with one attached hydrogen (secondary N) is 4. The number of nitrogens with zero attached hydrogens (tertiary/aromatic N) is 2. The molecule has 196 valence electrons. The number of urea groups is 1. The molecule has 8 heteroatoms. The average Bonchev–Trinajstić information content (AvgIpc) is 2.83. The van der Waals surface area contributed by atoms with Crippen LogP contribution in [0.3, 0.4) is 0 Å². The van der Waals surface area contributed by atoms with Gasteiger partial charge in [0.15, 0.2) is 6.29 Å². The van der Waals surface area contributed by atoms with Crippen LogP contribution < -0.4 is 21.9 Å². The molecule has 0 radical (unpaired) electrons. The molecular formula is C28H43N7O. The maximum absolute atomic E-state index is 13.6. The lowest BCUT2D eigenvalue weighted by Gasteiger charge is -2.41. The van der Waals surface area contributed by atoms with E-state index in [4.69, 9.17) is 11.4 Å². The standard InChI is InChI=1S/C28H43N7O/c1-19-14-20(2)16-24(15-19)32-27(36)35(25-12-10-23(11-13-25)28(3,4)5)18-22-8-6-21(7-9-22)17-31-26(33-29)34-30/h6-9,14-16,23,25-26,29,31,34H,10-13,17-18,30H2,1-5H3,(H,32,36). The Bertz CT molecular complexity index is 987. The Morgan fingerprint density at radius 2 is 1.64 bits per heavy atom. The minimum Gasteiger partial charge on any atom is -0.317 e. The van der Waals surface area contributed by atoms with Gasteiger partial charge in [0.05, 0.1) is 0 Å². The van der Waals surface area contributed by atoms with Crippen molar-refractivity contribution in [1.29, 1.82) is 5.53 Å². The maximum Gasteiger partial charge on any atom is 0.322 e. The topological polar surface area (TPSA) is 119 Å². The van der Waals surface area contributed by atoms with E-state index in [-0.39, 0.29) is 12.1 Å². The normalized spacial score (nSPS) is 18.9. The number of aryl methyl sites for hydroxylation is 2. The number of carbonyl (C=O) groups excluding carboxylic acids is 1. The fourth-order valence-corrected chi connectivity index (χ4v) is 5.18. The van der Waals surface area contributed by atoms with Crippen LogP contribution in [0, 0.1) is 30.7 Å². The molecular weight excluding hydrogens is 450 g/mol. The van der Waals surface area contributed by atoms with Crippen LogP contribution in [0.5, 0.6) is 0 Å². The van der Waals surface area contributed by atoms with Crippen molar-refractivity contribution in [3.8, 4) is 0 Å². The zero-order valence-corrected chi connectivity index (χ0v) is 22.4. The number of benzene rings is 2. The van der Waals surface area contributed by atoms with Crippen molar-refractivity contribution >= 4 is 11.7 Å². The van der Waals surface area contributed by atoms with Gasteiger partial charge in [-0.2, -0.15) is 5.11 Å². The van der Waals surface area contributed by atoms with Gasteiger partial charge in [-0.25, -0.2) is 15.8 Å². The average molecular weight is 494 g/mol. The molecule has 2 aromatic rings. The molecule has 8 nitrogen and oxygen atoms in total. The lowest BCUT2D eigenvalue weighted by atomic mass is 9.71. The number of amides is 2. The predicted octanol–water partition coefficient (Wildman–Crippen LogP) is 5.81. The lowest BCUT2D eigenvalue weighted by Crippen LogP contribution is -2.45. The molecule has 1 fully saturated rings. The second-order valence-corrected chi connectivity index (χ2v) is 11.2. The molecule has 1 aliphatic carbocycles. The van der Waals surface area contributed by atoms with Gasteiger partial charge in [-0.1, -0.05) is 51.1 Å². The summed E-state index contributed by atoms with van der Waals surface area (Å²) in [6.07, 6.45) is 3.72. The van der Waals surface area contributed by atoms with E-state index in [0.29, 0.717) is 24.4 Å². The van der Waals surface area contributed by atoms with E-state index < -0.39 is 6.29 Å². The van der Waals surface area contributed by atoms with Crippen LogP contribution in [0.15, 0.2) is 47.6 Å². The SMILES string of the molecule is Cc1cc(C)cc(NC(=O)N(Cc2ccc(CNC(N=N)NN)cc2)C2CCC(C(C)(C)C)CC2)c1. The van der Waals surface area contributed by atoms with Gasteiger partial charge in [0, 0.05) is 24.8 Å². The van der Waals surface area contributed by atoms with E-state index in [9.17, 15) is 4.79 Å². The summed E-state index contributed by atoms with van der Waals surface area (Å²) in [6.45, 7) is 12.2. The van der Waals surface area contributed by atoms with Crippen molar-refractivity contribution in [2.24, 2.45) is 22.3 Å². The summed E-state index contributed by atoms with van der Waals surface area (Å²) in [7, 11) is 0. The van der Waals surface area contributed by atoms with Crippen molar-refractivity contribution in [3.05, 3.63) is 64.7 Å². The van der Waals surface area contributed by atoms with E-state index in [1.807, 2.05) is 29.2 Å². The van der Waals surface area contributed by atoms with E-state index in [2.05, 4.69) is 74.0 Å². The van der Waals surface area contributed by atoms with Gasteiger partial charge in [0.25, 0.3) is 0 Å². The van der Waals surface area contributed by atoms with Crippen LogP contribution in [0.25, 0.3) is 0 Å². The molecule has 0 spiro atoms. The third-order valence-electron chi connectivity index (χ3n) is 7.26. The zero-order chi connectivity index (χ0) is 26.3. The Balaban J connectivity index is 1.74. The molecule has 6 N–H and O–H groups in total. The molecule has 0 aromatic heterocycles. The highest BCUT2D eigenvalue weighted by Gasteiger charge is 2.33. The van der Waals surface area contributed by atoms with Gasteiger partial charge in [-0.15, -0.1) is 0 Å². The van der Waals surface area contributed by atoms with Gasteiger partial charge in [0.1, 0.15) is 0 Å². The van der Waals surface area contributed by atoms with Crippen LogP contribution in [-0.4, -0.2) is 23.3 Å². The number of rotatable bonds is 9. The third kappa shape index (κ3) is 7.85. The van der Waals surface area contributed by atoms with Gasteiger partial charge in [0.2, 0.25) is 0 Å². The van der Waals surface area contributed by atoms with Gasteiger partial charge in [-0.05, 0) is 85.3 Å². The molecule has 2 aromatic carbocycles. The number of anilines is 1. The minimum atomic E-state index is -0.614. The van der Waals surface area contributed by atoms with Crippen molar-refractivity contribution in [2.75, 3.05) is 5.32 Å². The van der Waals surface area contributed by atoms with Crippen LogP contribution in [0.2, 0.25) is 0 Å². The summed E-state index contributed by atoms with van der Waals surface area (Å²) in [4.78, 5) is 15.6. The molecule has 0 heterocycles. The van der Waals surface area contributed by atoms with Crippen LogP contribution in [0.1, 0.15) is 68.7 Å². The first kappa shape index (κ1) is 27.8. The number of nitrogens with two attached hydrogens (primary N) is 1. The molecule has 3 rings (SSSR count). The lowest BCUT2D eigenvalue weighted by molar-refractivity contribution is 0.110. The molecule has 1 aliphatic rings. The third-order valence-corrected chi connectivity index (χ3v) is 7.26. The Morgan fingerprint density at radius 1 is 1.06 bits per heavy atom. The summed E-state index contributed by atoms with van der Waals surface area (Å²) in [6, 6.07) is 14.5. The smallest absolute Gasteiger partial charge is 0.317 e. The second-order valence-electron chi connectivity index (χ2n) is 11.2. The quantitative estimate of drug-likeness (QED) is 0.131. The number of hydrogen-bond acceptors (Lipinski definition) is 6. The molecule has 1 saturated carbocycles. The molecule has 1 unspecified atom stereocenters. The fourth-order valence-electron chi connectivity index (χ4n) is 5.18. The molecule has 0 bridgehead atoms. The molecule has 1 atom stereocenters. The minimum absolute atomic E-state index is 0.0427. The monoisotopic (exact) mass is 493 g/mol. The van der Waals surface area contributed by atoms with E-state index in [0.717, 1.165) is 53.6 Å². The summed E-state index contributed by atoms with van der Waals surface area (Å²) in [5.41, 5.74) is 15.1. The van der Waals surface area contributed by atoms with Crippen molar-refractivity contribution in [1.82, 2.24) is 15.6 Å². The molecule has 0 aliphatic heterocycles. The molecule has 0 saturated heterocycles. The largest absolute Gasteiger partial charge is 0.322 e. The van der Waals surface area contributed by atoms with Crippen LogP contribution >= 0.6 is 0 Å². The number of hydrogen-bond donors (Lipinski definition) is 5. The highest BCUT2D eigenvalue weighted by atomic mass is 16.2. The molecule has 36 heavy (non-hydrogen) atoms. The summed E-state index contributed by atoms with van der Waals surface area (Å²) in [5, 5.41) is 9.59. The van der Waals surface area contributed by atoms with E-state index in [1.54, 1.807) is 0 Å². The van der Waals surface area contributed by atoms with Gasteiger partial charge >= 0.3 is 6.03 Å². The van der Waals surface area contributed by atoms with E-state index >= 15 is 0 Å². The van der Waals surface area contributed by atoms with Crippen molar-refractivity contribution in [3.63, 3.8) is 0 Å². The van der Waals surface area contributed by atoms with Gasteiger partial charge in [-0.3, -0.25) is 11.2 Å². The first-order chi connectivity index (χ1) is 17.1. The Hall–Kier alpha value is -2.81. The maximum atomic E-state index is 13.6. The number of carbonyl (C=O) groups is 1. The first-order valence-corrected chi connectivity index (χ1v) is 12.9. The fraction of sp³-hybridized carbons (Fsp3) is 0.536. The summed E-state index contributed by atoms with van der Waals surface area (Å²) >= 11 is 0. The predicted molar refractivity (Wildman–Crippen MR) is 145 cm³/mol. The number of hydrazine groups is 1.